The molecule has 1 aliphatic rings. The van der Waals surface area contributed by atoms with Crippen LogP contribution in [0.4, 0.5) is 0 Å². The first-order valence-electron chi connectivity index (χ1n) is 8.64. The van der Waals surface area contributed by atoms with Gasteiger partial charge in [-0.2, -0.15) is 0 Å². The molecule has 0 atom stereocenters. The highest BCUT2D eigenvalue weighted by Crippen LogP contribution is 2.31. The van der Waals surface area contributed by atoms with Gasteiger partial charge in [0.2, 0.25) is 0 Å². The lowest BCUT2D eigenvalue weighted by atomic mass is 10.1. The number of pyridine rings is 1. The average molecular weight is 378 g/mol. The molecule has 134 valence electrons. The van der Waals surface area contributed by atoms with Gasteiger partial charge < -0.3 is 10.0 Å². The topological polar surface area (TPSA) is 39.6 Å². The van der Waals surface area contributed by atoms with Gasteiger partial charge in [-0.05, 0) is 60.2 Å². The maximum atomic E-state index is 8.96. The van der Waals surface area contributed by atoms with Crippen LogP contribution >= 0.6 is 23.5 Å². The highest BCUT2D eigenvalue weighted by Gasteiger charge is 2.18. The number of halogens is 1. The molecule has 0 bridgehead atoms. The molecule has 6 heteroatoms. The summed E-state index contributed by atoms with van der Waals surface area (Å²) in [6, 6.07) is 10.4. The zero-order valence-electron chi connectivity index (χ0n) is 14.5. The highest BCUT2D eigenvalue weighted by molar-refractivity contribution is 7.97. The summed E-state index contributed by atoms with van der Waals surface area (Å²) >= 11 is 7.87. The second-order valence-corrected chi connectivity index (χ2v) is 7.81. The Bertz CT molecular complexity index is 705. The quantitative estimate of drug-likeness (QED) is 0.613. The molecule has 0 aliphatic carbocycles. The van der Waals surface area contributed by atoms with E-state index in [0.717, 1.165) is 44.7 Å². The van der Waals surface area contributed by atoms with E-state index < -0.39 is 0 Å². The molecule has 1 aromatic heterocycles. The molecule has 0 radical (unpaired) electrons. The maximum absolute atomic E-state index is 8.96. The van der Waals surface area contributed by atoms with Gasteiger partial charge in [-0.1, -0.05) is 23.7 Å². The van der Waals surface area contributed by atoms with Crippen LogP contribution < -0.4 is 0 Å². The van der Waals surface area contributed by atoms with Crippen molar-refractivity contribution in [3.05, 3.63) is 47.2 Å². The number of aryl methyl sites for hydroxylation is 1. The van der Waals surface area contributed by atoms with Crippen LogP contribution in [0.3, 0.4) is 0 Å². The molecule has 1 N–H and O–H groups in total. The lowest BCUT2D eigenvalue weighted by Gasteiger charge is -2.34. The first-order valence-corrected chi connectivity index (χ1v) is 9.79. The van der Waals surface area contributed by atoms with E-state index in [2.05, 4.69) is 39.3 Å². The van der Waals surface area contributed by atoms with E-state index in [9.17, 15) is 0 Å². The van der Waals surface area contributed by atoms with Gasteiger partial charge in [0.05, 0.1) is 0 Å². The summed E-state index contributed by atoms with van der Waals surface area (Å²) in [4.78, 5) is 7.77. The summed E-state index contributed by atoms with van der Waals surface area (Å²) in [6.07, 6.45) is 2.61. The number of aliphatic hydroxyl groups excluding tert-OH is 1. The third-order valence-corrected chi connectivity index (χ3v) is 5.91. The van der Waals surface area contributed by atoms with Crippen molar-refractivity contribution >= 4 is 23.5 Å². The van der Waals surface area contributed by atoms with Crippen molar-refractivity contribution in [2.24, 2.45) is 0 Å². The van der Waals surface area contributed by atoms with Gasteiger partial charge in [0.1, 0.15) is 5.15 Å². The lowest BCUT2D eigenvalue weighted by molar-refractivity contribution is 0.177. The van der Waals surface area contributed by atoms with E-state index in [1.807, 2.05) is 24.1 Å². The Morgan fingerprint density at radius 2 is 1.88 bits per heavy atom. The van der Waals surface area contributed by atoms with E-state index in [1.165, 1.54) is 16.0 Å². The molecule has 0 unspecified atom stereocenters. The number of nitrogens with zero attached hydrogens (tertiary/aromatic N) is 3. The summed E-state index contributed by atoms with van der Waals surface area (Å²) in [5.41, 5.74) is 3.55. The summed E-state index contributed by atoms with van der Waals surface area (Å²) < 4.78 is 2.43. The first kappa shape index (κ1) is 18.7. The van der Waals surface area contributed by atoms with Gasteiger partial charge in [0, 0.05) is 50.4 Å². The monoisotopic (exact) mass is 377 g/mol. The first-order chi connectivity index (χ1) is 12.2. The Hall–Kier alpha value is -1.11. The van der Waals surface area contributed by atoms with Crippen molar-refractivity contribution in [2.75, 3.05) is 39.3 Å². The molecule has 4 nitrogen and oxygen atoms in total. The smallest absolute Gasteiger partial charge is 0.129 e. The number of aromatic nitrogens is 1. The van der Waals surface area contributed by atoms with E-state index in [4.69, 9.17) is 16.7 Å². The Morgan fingerprint density at radius 3 is 2.60 bits per heavy atom. The molecular formula is C19H24ClN3OS. The van der Waals surface area contributed by atoms with Crippen LogP contribution in [0.5, 0.6) is 0 Å². The van der Waals surface area contributed by atoms with Gasteiger partial charge in [-0.3, -0.25) is 0 Å². The van der Waals surface area contributed by atoms with Crippen molar-refractivity contribution < 1.29 is 5.11 Å². The number of hydrogen-bond acceptors (Lipinski definition) is 5. The number of aliphatic hydroxyl groups is 1. The van der Waals surface area contributed by atoms with Crippen LogP contribution in [-0.4, -0.2) is 58.6 Å². The molecule has 2 heterocycles. The fraction of sp³-hybridized carbons (Fsp3) is 0.421. The maximum Gasteiger partial charge on any atom is 0.129 e. The minimum absolute atomic E-state index is 0.278. The summed E-state index contributed by atoms with van der Waals surface area (Å²) in [5, 5.41) is 9.48. The summed E-state index contributed by atoms with van der Waals surface area (Å²) in [5.74, 6) is 0. The summed E-state index contributed by atoms with van der Waals surface area (Å²) in [7, 11) is 0. The minimum Gasteiger partial charge on any atom is -0.396 e. The molecule has 0 spiro atoms. The standard InChI is InChI=1S/C19H24ClN3OS/c1-15-3-4-16(17-5-6-21-19(20)14-17)13-18(15)25-23-10-8-22(9-11-23)7-2-12-24/h3-6,13-14,24H,2,7-12H2,1H3. The van der Waals surface area contributed by atoms with Crippen molar-refractivity contribution in [1.29, 1.82) is 0 Å². The second-order valence-electron chi connectivity index (χ2n) is 6.29. The van der Waals surface area contributed by atoms with Crippen molar-refractivity contribution in [1.82, 2.24) is 14.2 Å². The third-order valence-electron chi connectivity index (χ3n) is 4.44. The van der Waals surface area contributed by atoms with Gasteiger partial charge >= 0.3 is 0 Å². The zero-order valence-corrected chi connectivity index (χ0v) is 16.1. The van der Waals surface area contributed by atoms with Crippen molar-refractivity contribution in [2.45, 2.75) is 18.2 Å². The van der Waals surface area contributed by atoms with E-state index >= 15 is 0 Å². The highest BCUT2D eigenvalue weighted by atomic mass is 35.5. The van der Waals surface area contributed by atoms with Gasteiger partial charge in [-0.25, -0.2) is 9.29 Å². The van der Waals surface area contributed by atoms with Crippen molar-refractivity contribution in [3.63, 3.8) is 0 Å². The molecule has 2 aromatic rings. The minimum atomic E-state index is 0.278. The van der Waals surface area contributed by atoms with E-state index in [1.54, 1.807) is 6.20 Å². The molecule has 0 amide bonds. The molecule has 1 aromatic carbocycles. The molecule has 1 fully saturated rings. The molecule has 25 heavy (non-hydrogen) atoms. The molecular weight excluding hydrogens is 354 g/mol. The van der Waals surface area contributed by atoms with Gasteiger partial charge in [0.15, 0.2) is 0 Å². The third kappa shape index (κ3) is 5.19. The fourth-order valence-electron chi connectivity index (χ4n) is 2.94. The Balaban J connectivity index is 1.66. The Morgan fingerprint density at radius 1 is 1.12 bits per heavy atom. The molecule has 1 saturated heterocycles. The SMILES string of the molecule is Cc1ccc(-c2ccnc(Cl)c2)cc1SN1CCN(CCCO)CC1. The van der Waals surface area contributed by atoms with E-state index in [0.29, 0.717) is 5.15 Å². The number of rotatable bonds is 6. The van der Waals surface area contributed by atoms with Crippen LogP contribution in [0.1, 0.15) is 12.0 Å². The van der Waals surface area contributed by atoms with E-state index in [-0.39, 0.29) is 6.61 Å². The fourth-order valence-corrected chi connectivity index (χ4v) is 4.13. The van der Waals surface area contributed by atoms with Crippen LogP contribution in [0.15, 0.2) is 41.4 Å². The Labute approximate surface area is 158 Å². The largest absolute Gasteiger partial charge is 0.396 e. The van der Waals surface area contributed by atoms with Crippen LogP contribution in [-0.2, 0) is 0 Å². The number of benzene rings is 1. The predicted molar refractivity (Wildman–Crippen MR) is 105 cm³/mol. The zero-order chi connectivity index (χ0) is 17.6. The van der Waals surface area contributed by atoms with Crippen LogP contribution in [0.2, 0.25) is 5.15 Å². The number of piperazine rings is 1. The molecule has 3 rings (SSSR count). The Kier molecular flexibility index (Phi) is 6.73. The van der Waals surface area contributed by atoms with Crippen molar-refractivity contribution in [3.8, 4) is 11.1 Å². The van der Waals surface area contributed by atoms with Gasteiger partial charge in [0.25, 0.3) is 0 Å². The van der Waals surface area contributed by atoms with Crippen LogP contribution in [0.25, 0.3) is 11.1 Å². The summed E-state index contributed by atoms with van der Waals surface area (Å²) in [6.45, 7) is 7.63. The number of hydrogen-bond donors (Lipinski definition) is 1. The average Bonchev–Trinajstić information content (AvgIpc) is 2.63. The molecule has 0 saturated carbocycles. The predicted octanol–water partition coefficient (Wildman–Crippen LogP) is 3.72. The molecule has 1 aliphatic heterocycles. The second kappa shape index (κ2) is 9.01. The van der Waals surface area contributed by atoms with Crippen LogP contribution in [0, 0.1) is 6.92 Å². The normalized spacial score (nSPS) is 16.3. The lowest BCUT2D eigenvalue weighted by Crippen LogP contribution is -2.43. The van der Waals surface area contributed by atoms with Gasteiger partial charge in [-0.15, -0.1) is 0 Å².